The molecule has 9 heteroatoms. The molecule has 0 N–H and O–H groups in total. The molecule has 0 spiro atoms. The van der Waals surface area contributed by atoms with Crippen molar-refractivity contribution in [3.05, 3.63) is 29.5 Å². The maximum atomic E-state index is 12.7. The zero-order chi connectivity index (χ0) is 15.7. The summed E-state index contributed by atoms with van der Waals surface area (Å²) in [5.74, 6) is 0.337. The Balaban J connectivity index is 1.68. The first kappa shape index (κ1) is 15.2. The molecule has 8 nitrogen and oxygen atoms in total. The van der Waals surface area contributed by atoms with Crippen LogP contribution in [0.5, 0.6) is 0 Å². The molecule has 1 saturated heterocycles. The molecular formula is C13H18N4O4S. The Labute approximate surface area is 128 Å². The summed E-state index contributed by atoms with van der Waals surface area (Å²) in [5.41, 5.74) is 1.39. The van der Waals surface area contributed by atoms with Crippen LogP contribution in [0.3, 0.4) is 0 Å². The summed E-state index contributed by atoms with van der Waals surface area (Å²) in [6, 6.07) is 0. The summed E-state index contributed by atoms with van der Waals surface area (Å²) in [6.07, 6.45) is 3.28. The first-order valence-electron chi connectivity index (χ1n) is 7.02. The molecule has 0 saturated carbocycles. The standard InChI is InChI=1S/C13H18N4O4S/c1-10-13(11(2)21-15-10)22(18,19)17-5-3-16(4-6-17)8-12-7-14-20-9-12/h7,9H,3-6,8H2,1-2H3. The van der Waals surface area contributed by atoms with Crippen molar-refractivity contribution in [2.45, 2.75) is 25.3 Å². The Morgan fingerprint density at radius 1 is 1.23 bits per heavy atom. The van der Waals surface area contributed by atoms with E-state index in [-0.39, 0.29) is 4.90 Å². The van der Waals surface area contributed by atoms with E-state index in [2.05, 4.69) is 15.2 Å². The smallest absolute Gasteiger partial charge is 0.248 e. The molecule has 2 aromatic heterocycles. The van der Waals surface area contributed by atoms with Crippen molar-refractivity contribution >= 4 is 10.0 Å². The second-order valence-corrected chi connectivity index (χ2v) is 7.24. The molecule has 1 aliphatic heterocycles. The predicted octanol–water partition coefficient (Wildman–Crippen LogP) is 0.786. The number of aromatic nitrogens is 2. The Hall–Kier alpha value is -1.71. The highest BCUT2D eigenvalue weighted by Crippen LogP contribution is 2.24. The topological polar surface area (TPSA) is 92.7 Å². The van der Waals surface area contributed by atoms with Gasteiger partial charge in [0.15, 0.2) is 5.76 Å². The second-order valence-electron chi connectivity index (χ2n) is 5.37. The van der Waals surface area contributed by atoms with Gasteiger partial charge in [0.2, 0.25) is 10.0 Å². The highest BCUT2D eigenvalue weighted by Gasteiger charge is 2.33. The highest BCUT2D eigenvalue weighted by molar-refractivity contribution is 7.89. The summed E-state index contributed by atoms with van der Waals surface area (Å²) in [5, 5.41) is 7.40. The average Bonchev–Trinajstić information content (AvgIpc) is 3.10. The number of hydrogen-bond acceptors (Lipinski definition) is 7. The zero-order valence-corrected chi connectivity index (χ0v) is 13.3. The Morgan fingerprint density at radius 3 is 2.50 bits per heavy atom. The fourth-order valence-electron chi connectivity index (χ4n) is 2.66. The number of nitrogens with zero attached hydrogens (tertiary/aromatic N) is 4. The lowest BCUT2D eigenvalue weighted by Gasteiger charge is -2.33. The molecule has 0 atom stereocenters. The lowest BCUT2D eigenvalue weighted by atomic mass is 10.3. The third-order valence-electron chi connectivity index (χ3n) is 3.79. The summed E-state index contributed by atoms with van der Waals surface area (Å²) in [6.45, 7) is 6.18. The zero-order valence-electron chi connectivity index (χ0n) is 12.5. The van der Waals surface area contributed by atoms with Gasteiger partial charge in [0, 0.05) is 38.3 Å². The summed E-state index contributed by atoms with van der Waals surface area (Å²) >= 11 is 0. The van der Waals surface area contributed by atoms with E-state index in [0.717, 1.165) is 5.56 Å². The molecule has 2 aromatic rings. The quantitative estimate of drug-likeness (QED) is 0.820. The minimum atomic E-state index is -3.55. The largest absolute Gasteiger partial charge is 0.364 e. The number of piperazine rings is 1. The molecule has 0 bridgehead atoms. The maximum Gasteiger partial charge on any atom is 0.248 e. The maximum absolute atomic E-state index is 12.7. The second kappa shape index (κ2) is 5.82. The van der Waals surface area contributed by atoms with Crippen LogP contribution in [0, 0.1) is 13.8 Å². The Kier molecular flexibility index (Phi) is 4.02. The lowest BCUT2D eigenvalue weighted by Crippen LogP contribution is -2.48. The number of sulfonamides is 1. The normalized spacial score (nSPS) is 17.9. The van der Waals surface area contributed by atoms with Gasteiger partial charge in [-0.15, -0.1) is 0 Å². The van der Waals surface area contributed by atoms with E-state index in [1.54, 1.807) is 26.3 Å². The molecule has 0 aliphatic carbocycles. The molecule has 22 heavy (non-hydrogen) atoms. The van der Waals surface area contributed by atoms with Gasteiger partial charge in [-0.1, -0.05) is 10.3 Å². The Bertz CT molecular complexity index is 711. The number of rotatable bonds is 4. The van der Waals surface area contributed by atoms with Gasteiger partial charge >= 0.3 is 0 Å². The predicted molar refractivity (Wildman–Crippen MR) is 76.5 cm³/mol. The van der Waals surface area contributed by atoms with Crippen molar-refractivity contribution < 1.29 is 17.5 Å². The first-order chi connectivity index (χ1) is 10.5. The van der Waals surface area contributed by atoms with E-state index < -0.39 is 10.0 Å². The SMILES string of the molecule is Cc1noc(C)c1S(=O)(=O)N1CCN(Cc2cnoc2)CC1. The van der Waals surface area contributed by atoms with Crippen molar-refractivity contribution in [3.63, 3.8) is 0 Å². The Morgan fingerprint density at radius 2 is 1.95 bits per heavy atom. The molecule has 0 radical (unpaired) electrons. The van der Waals surface area contributed by atoms with Crippen LogP contribution in [0.15, 0.2) is 26.4 Å². The summed E-state index contributed by atoms with van der Waals surface area (Å²) in [7, 11) is -3.55. The minimum absolute atomic E-state index is 0.194. The van der Waals surface area contributed by atoms with Gasteiger partial charge in [-0.3, -0.25) is 4.90 Å². The minimum Gasteiger partial charge on any atom is -0.364 e. The van der Waals surface area contributed by atoms with Gasteiger partial charge in [-0.05, 0) is 13.8 Å². The molecule has 3 rings (SSSR count). The lowest BCUT2D eigenvalue weighted by molar-refractivity contribution is 0.181. The molecule has 3 heterocycles. The van der Waals surface area contributed by atoms with Crippen molar-refractivity contribution in [1.82, 2.24) is 19.5 Å². The van der Waals surface area contributed by atoms with Crippen LogP contribution in [0.1, 0.15) is 17.0 Å². The van der Waals surface area contributed by atoms with Crippen molar-refractivity contribution in [1.29, 1.82) is 0 Å². The van der Waals surface area contributed by atoms with Gasteiger partial charge in [0.05, 0.1) is 6.20 Å². The van der Waals surface area contributed by atoms with E-state index in [1.165, 1.54) is 4.31 Å². The molecule has 120 valence electrons. The monoisotopic (exact) mass is 326 g/mol. The van der Waals surface area contributed by atoms with Crippen LogP contribution in [0.2, 0.25) is 0 Å². The number of aryl methyl sites for hydroxylation is 2. The van der Waals surface area contributed by atoms with Crippen molar-refractivity contribution in [2.75, 3.05) is 26.2 Å². The van der Waals surface area contributed by atoms with Crippen molar-refractivity contribution in [3.8, 4) is 0 Å². The summed E-state index contributed by atoms with van der Waals surface area (Å²) in [4.78, 5) is 2.37. The van der Waals surface area contributed by atoms with Gasteiger partial charge in [-0.2, -0.15) is 4.31 Å². The highest BCUT2D eigenvalue weighted by atomic mass is 32.2. The van der Waals surface area contributed by atoms with Crippen molar-refractivity contribution in [2.24, 2.45) is 0 Å². The third kappa shape index (κ3) is 2.79. The molecule has 0 aromatic carbocycles. The van der Waals surface area contributed by atoms with Gasteiger partial charge < -0.3 is 9.05 Å². The fourth-order valence-corrected chi connectivity index (χ4v) is 4.38. The molecule has 1 fully saturated rings. The molecular weight excluding hydrogens is 308 g/mol. The van der Waals surface area contributed by atoms with E-state index in [4.69, 9.17) is 9.05 Å². The average molecular weight is 326 g/mol. The van der Waals surface area contributed by atoms with Crippen LogP contribution in [-0.2, 0) is 16.6 Å². The van der Waals surface area contributed by atoms with Crippen LogP contribution in [0.4, 0.5) is 0 Å². The van der Waals surface area contributed by atoms with Gasteiger partial charge in [0.25, 0.3) is 0 Å². The van der Waals surface area contributed by atoms with Crippen LogP contribution < -0.4 is 0 Å². The third-order valence-corrected chi connectivity index (χ3v) is 5.93. The van der Waals surface area contributed by atoms with E-state index in [0.29, 0.717) is 44.2 Å². The fraction of sp³-hybridized carbons (Fsp3) is 0.538. The van der Waals surface area contributed by atoms with E-state index in [9.17, 15) is 8.42 Å². The van der Waals surface area contributed by atoms with E-state index >= 15 is 0 Å². The van der Waals surface area contributed by atoms with Gasteiger partial charge in [-0.25, -0.2) is 8.42 Å². The van der Waals surface area contributed by atoms with Crippen LogP contribution >= 0.6 is 0 Å². The molecule has 0 amide bonds. The van der Waals surface area contributed by atoms with E-state index in [1.807, 2.05) is 0 Å². The van der Waals surface area contributed by atoms with Crippen LogP contribution in [0.25, 0.3) is 0 Å². The first-order valence-corrected chi connectivity index (χ1v) is 8.46. The molecule has 1 aliphatic rings. The number of hydrogen-bond donors (Lipinski definition) is 0. The van der Waals surface area contributed by atoms with Crippen LogP contribution in [-0.4, -0.2) is 54.1 Å². The summed E-state index contributed by atoms with van der Waals surface area (Å²) < 4.78 is 36.7. The molecule has 0 unspecified atom stereocenters. The van der Waals surface area contributed by atoms with Gasteiger partial charge in [0.1, 0.15) is 16.9 Å².